The molecule has 5 rings (SSSR count). The molecule has 0 radical (unpaired) electrons. The molecule has 3 aromatic heterocycles. The van der Waals surface area contributed by atoms with E-state index >= 15 is 0 Å². The molecule has 0 unspecified atom stereocenters. The number of para-hydroxylation sites is 1. The van der Waals surface area contributed by atoms with Crippen molar-refractivity contribution >= 4 is 28.1 Å². The van der Waals surface area contributed by atoms with Gasteiger partial charge in [-0.05, 0) is 36.4 Å². The van der Waals surface area contributed by atoms with Gasteiger partial charge in [0, 0.05) is 18.5 Å². The normalized spacial score (nSPS) is 15.6. The summed E-state index contributed by atoms with van der Waals surface area (Å²) < 4.78 is 1.98. The van der Waals surface area contributed by atoms with E-state index in [2.05, 4.69) is 44.6 Å². The summed E-state index contributed by atoms with van der Waals surface area (Å²) in [5.74, 6) is 1.85. The fourth-order valence-electron chi connectivity index (χ4n) is 3.57. The number of aromatic nitrogens is 5. The van der Waals surface area contributed by atoms with Crippen molar-refractivity contribution in [2.75, 3.05) is 18.0 Å². The number of hydrogen-bond donors (Lipinski definition) is 0. The zero-order chi connectivity index (χ0) is 17.3. The van der Waals surface area contributed by atoms with Crippen molar-refractivity contribution in [2.24, 2.45) is 0 Å². The second kappa shape index (κ2) is 6.49. The largest absolute Gasteiger partial charge is 0.356 e. The first-order valence-corrected chi connectivity index (χ1v) is 9.66. The van der Waals surface area contributed by atoms with Crippen molar-refractivity contribution in [2.45, 2.75) is 18.9 Å². The topological polar surface area (TPSA) is 59.7 Å². The van der Waals surface area contributed by atoms with Crippen molar-refractivity contribution in [1.29, 1.82) is 0 Å². The van der Waals surface area contributed by atoms with Gasteiger partial charge in [0.2, 0.25) is 0 Å². The average molecular weight is 362 g/mol. The van der Waals surface area contributed by atoms with Gasteiger partial charge in [-0.15, -0.1) is 11.3 Å². The van der Waals surface area contributed by atoms with E-state index in [4.69, 9.17) is 9.97 Å². The van der Waals surface area contributed by atoms with Crippen molar-refractivity contribution in [3.63, 3.8) is 0 Å². The van der Waals surface area contributed by atoms with Gasteiger partial charge in [0.15, 0.2) is 5.82 Å². The molecule has 0 N–H and O–H groups in total. The highest BCUT2D eigenvalue weighted by Crippen LogP contribution is 2.32. The van der Waals surface area contributed by atoms with E-state index in [-0.39, 0.29) is 0 Å². The summed E-state index contributed by atoms with van der Waals surface area (Å²) in [6, 6.07) is 12.8. The van der Waals surface area contributed by atoms with Crippen LogP contribution in [0.4, 0.5) is 5.82 Å². The third-order valence-corrected chi connectivity index (χ3v) is 5.77. The van der Waals surface area contributed by atoms with E-state index in [1.165, 1.54) is 0 Å². The maximum absolute atomic E-state index is 4.95. The van der Waals surface area contributed by atoms with E-state index in [1.807, 2.05) is 23.1 Å². The Bertz CT molecular complexity index is 1000. The van der Waals surface area contributed by atoms with Crippen molar-refractivity contribution in [3.8, 4) is 10.7 Å². The predicted octanol–water partition coefficient (Wildman–Crippen LogP) is 3.79. The Morgan fingerprint density at radius 1 is 1.00 bits per heavy atom. The number of nitrogens with zero attached hydrogens (tertiary/aromatic N) is 6. The molecule has 0 amide bonds. The highest BCUT2D eigenvalue weighted by Gasteiger charge is 2.24. The first-order valence-electron chi connectivity index (χ1n) is 8.78. The van der Waals surface area contributed by atoms with Crippen LogP contribution in [0.5, 0.6) is 0 Å². The number of thiophene rings is 1. The Kier molecular flexibility index (Phi) is 3.86. The highest BCUT2D eigenvalue weighted by molar-refractivity contribution is 7.13. The van der Waals surface area contributed by atoms with Gasteiger partial charge in [0.05, 0.1) is 16.4 Å². The lowest BCUT2D eigenvalue weighted by Crippen LogP contribution is -2.35. The number of anilines is 1. The third-order valence-electron chi connectivity index (χ3n) is 4.90. The lowest BCUT2D eigenvalue weighted by atomic mass is 10.0. The molecule has 4 heterocycles. The number of benzene rings is 1. The Labute approximate surface area is 155 Å². The molecular formula is C19H18N6S. The monoisotopic (exact) mass is 362 g/mol. The summed E-state index contributed by atoms with van der Waals surface area (Å²) in [5, 5.41) is 7.48. The van der Waals surface area contributed by atoms with Gasteiger partial charge in [-0.3, -0.25) is 0 Å². The van der Waals surface area contributed by atoms with Crippen LogP contribution in [0, 0.1) is 0 Å². The smallest absolute Gasteiger partial charge is 0.172 e. The van der Waals surface area contributed by atoms with Crippen LogP contribution in [-0.2, 0) is 0 Å². The lowest BCUT2D eigenvalue weighted by molar-refractivity contribution is 0.365. The van der Waals surface area contributed by atoms with Crippen molar-refractivity contribution in [1.82, 2.24) is 24.7 Å². The minimum absolute atomic E-state index is 0.415. The molecule has 1 aliphatic rings. The Hall–Kier alpha value is -2.80. The van der Waals surface area contributed by atoms with Gasteiger partial charge in [-0.25, -0.2) is 19.6 Å². The Morgan fingerprint density at radius 2 is 1.88 bits per heavy atom. The van der Waals surface area contributed by atoms with Crippen LogP contribution in [0.2, 0.25) is 0 Å². The van der Waals surface area contributed by atoms with Crippen LogP contribution in [0.1, 0.15) is 18.9 Å². The SMILES string of the molecule is c1csc(-c2nc(N3CCC(n4cncn4)CC3)c3ccccc3n2)c1. The molecule has 1 aliphatic heterocycles. The first-order chi connectivity index (χ1) is 12.9. The van der Waals surface area contributed by atoms with Crippen LogP contribution in [0.25, 0.3) is 21.6 Å². The zero-order valence-electron chi connectivity index (χ0n) is 14.2. The van der Waals surface area contributed by atoms with Gasteiger partial charge in [-0.2, -0.15) is 5.10 Å². The van der Waals surface area contributed by atoms with Crippen LogP contribution in [0.3, 0.4) is 0 Å². The molecule has 1 aromatic carbocycles. The molecule has 1 fully saturated rings. The first kappa shape index (κ1) is 15.5. The van der Waals surface area contributed by atoms with Crippen LogP contribution < -0.4 is 4.90 Å². The van der Waals surface area contributed by atoms with E-state index < -0.39 is 0 Å². The lowest BCUT2D eigenvalue weighted by Gasteiger charge is -2.33. The van der Waals surface area contributed by atoms with E-state index in [0.717, 1.165) is 53.4 Å². The summed E-state index contributed by atoms with van der Waals surface area (Å²) in [4.78, 5) is 17.3. The second-order valence-electron chi connectivity index (χ2n) is 6.46. The Morgan fingerprint density at radius 3 is 2.65 bits per heavy atom. The minimum Gasteiger partial charge on any atom is -0.356 e. The summed E-state index contributed by atoms with van der Waals surface area (Å²) in [6.45, 7) is 1.91. The number of hydrogen-bond acceptors (Lipinski definition) is 6. The molecule has 0 bridgehead atoms. The molecule has 0 aliphatic carbocycles. The molecule has 0 spiro atoms. The maximum atomic E-state index is 4.95. The van der Waals surface area contributed by atoms with Gasteiger partial charge in [0.1, 0.15) is 18.5 Å². The highest BCUT2D eigenvalue weighted by atomic mass is 32.1. The molecule has 0 atom stereocenters. The molecule has 26 heavy (non-hydrogen) atoms. The van der Waals surface area contributed by atoms with Gasteiger partial charge in [-0.1, -0.05) is 18.2 Å². The van der Waals surface area contributed by atoms with E-state index in [9.17, 15) is 0 Å². The van der Waals surface area contributed by atoms with E-state index in [0.29, 0.717) is 6.04 Å². The van der Waals surface area contributed by atoms with Gasteiger partial charge >= 0.3 is 0 Å². The number of rotatable bonds is 3. The molecule has 1 saturated heterocycles. The minimum atomic E-state index is 0.415. The molecule has 7 heteroatoms. The summed E-state index contributed by atoms with van der Waals surface area (Å²) in [7, 11) is 0. The van der Waals surface area contributed by atoms with Gasteiger partial charge < -0.3 is 4.90 Å². The summed E-state index contributed by atoms with van der Waals surface area (Å²) in [6.07, 6.45) is 5.50. The Balaban J connectivity index is 1.50. The average Bonchev–Trinajstić information content (AvgIpc) is 3.41. The van der Waals surface area contributed by atoms with Crippen LogP contribution >= 0.6 is 11.3 Å². The van der Waals surface area contributed by atoms with Crippen molar-refractivity contribution in [3.05, 3.63) is 54.4 Å². The second-order valence-corrected chi connectivity index (χ2v) is 7.41. The quantitative estimate of drug-likeness (QED) is 0.555. The standard InChI is InChI=1S/C19H18N6S/c1-2-5-16-15(4-1)19(23-18(22-16)17-6-3-11-26-17)24-9-7-14(8-10-24)25-13-20-12-21-25/h1-6,11-14H,7-10H2. The maximum Gasteiger partial charge on any atom is 0.172 e. The molecule has 6 nitrogen and oxygen atoms in total. The fourth-order valence-corrected chi connectivity index (χ4v) is 4.22. The molecule has 0 saturated carbocycles. The number of piperidine rings is 1. The summed E-state index contributed by atoms with van der Waals surface area (Å²) in [5.41, 5.74) is 0.999. The molecule has 130 valence electrons. The summed E-state index contributed by atoms with van der Waals surface area (Å²) >= 11 is 1.68. The third kappa shape index (κ3) is 2.74. The molecular weight excluding hydrogens is 344 g/mol. The fraction of sp³-hybridized carbons (Fsp3) is 0.263. The van der Waals surface area contributed by atoms with Crippen LogP contribution in [-0.4, -0.2) is 37.8 Å². The zero-order valence-corrected chi connectivity index (χ0v) is 15.0. The molecule has 4 aromatic rings. The predicted molar refractivity (Wildman–Crippen MR) is 103 cm³/mol. The van der Waals surface area contributed by atoms with Crippen LogP contribution in [0.15, 0.2) is 54.4 Å². The number of fused-ring (bicyclic) bond motifs is 1. The van der Waals surface area contributed by atoms with Crippen molar-refractivity contribution < 1.29 is 0 Å². The van der Waals surface area contributed by atoms with E-state index in [1.54, 1.807) is 17.7 Å². The van der Waals surface area contributed by atoms with Gasteiger partial charge in [0.25, 0.3) is 0 Å².